The lowest BCUT2D eigenvalue weighted by Gasteiger charge is -1.92. The normalized spacial score (nSPS) is 10.7. The Bertz CT molecular complexity index is 487. The summed E-state index contributed by atoms with van der Waals surface area (Å²) < 4.78 is 0. The number of carbonyl (C=O) groups is 1. The molecule has 0 aliphatic heterocycles. The van der Waals surface area contributed by atoms with Gasteiger partial charge >= 0.3 is 0 Å². The lowest BCUT2D eigenvalue weighted by molar-refractivity contribution is 0.112. The topological polar surface area (TPSA) is 32.9 Å². The predicted octanol–water partition coefficient (Wildman–Crippen LogP) is 3.20. The first-order valence-corrected chi connectivity index (χ1v) is 4.89. The van der Waals surface area contributed by atoms with Gasteiger partial charge in [0.25, 0.3) is 0 Å². The lowest BCUT2D eigenvalue weighted by Crippen LogP contribution is -1.85. The second-order valence-electron chi connectivity index (χ2n) is 3.18. The molecule has 0 amide bonds. The van der Waals surface area contributed by atoms with Crippen molar-refractivity contribution in [3.63, 3.8) is 0 Å². The number of fused-ring (bicyclic) bond motifs is 1. The molecule has 1 heterocycles. The van der Waals surface area contributed by atoms with Crippen LogP contribution in [0.15, 0.2) is 18.2 Å². The SMILES string of the molecule is CCc1[nH]c2ccc(Cl)cc2c1C=O. The molecule has 0 aliphatic rings. The van der Waals surface area contributed by atoms with E-state index in [1.807, 2.05) is 25.1 Å². The fourth-order valence-electron chi connectivity index (χ4n) is 1.65. The molecule has 2 rings (SSSR count). The maximum Gasteiger partial charge on any atom is 0.152 e. The smallest absolute Gasteiger partial charge is 0.152 e. The summed E-state index contributed by atoms with van der Waals surface area (Å²) in [4.78, 5) is 14.1. The van der Waals surface area contributed by atoms with Crippen molar-refractivity contribution in [2.24, 2.45) is 0 Å². The number of carbonyl (C=O) groups excluding carboxylic acids is 1. The highest BCUT2D eigenvalue weighted by Gasteiger charge is 2.08. The summed E-state index contributed by atoms with van der Waals surface area (Å²) in [6.07, 6.45) is 1.70. The minimum atomic E-state index is 0.655. The van der Waals surface area contributed by atoms with Gasteiger partial charge in [0, 0.05) is 27.2 Å². The molecule has 72 valence electrons. The lowest BCUT2D eigenvalue weighted by atomic mass is 10.1. The van der Waals surface area contributed by atoms with Gasteiger partial charge in [0.1, 0.15) is 0 Å². The van der Waals surface area contributed by atoms with Crippen LogP contribution in [0.25, 0.3) is 10.9 Å². The van der Waals surface area contributed by atoms with Crippen LogP contribution in [0.4, 0.5) is 0 Å². The van der Waals surface area contributed by atoms with Gasteiger partial charge in [-0.15, -0.1) is 0 Å². The van der Waals surface area contributed by atoms with Crippen LogP contribution in [-0.4, -0.2) is 11.3 Å². The predicted molar refractivity (Wildman–Crippen MR) is 58.1 cm³/mol. The number of hydrogen-bond donors (Lipinski definition) is 1. The zero-order valence-electron chi connectivity index (χ0n) is 7.80. The Morgan fingerprint density at radius 2 is 2.29 bits per heavy atom. The van der Waals surface area contributed by atoms with Crippen molar-refractivity contribution in [2.45, 2.75) is 13.3 Å². The highest BCUT2D eigenvalue weighted by atomic mass is 35.5. The standard InChI is InChI=1S/C11H10ClNO/c1-2-10-9(6-14)8-5-7(12)3-4-11(8)13-10/h3-6,13H,2H2,1H3. The Morgan fingerprint density at radius 3 is 2.93 bits per heavy atom. The van der Waals surface area contributed by atoms with Crippen LogP contribution in [0.3, 0.4) is 0 Å². The number of aryl methyl sites for hydroxylation is 1. The number of benzene rings is 1. The Kier molecular flexibility index (Phi) is 2.30. The van der Waals surface area contributed by atoms with E-state index < -0.39 is 0 Å². The molecule has 3 heteroatoms. The highest BCUT2D eigenvalue weighted by molar-refractivity contribution is 6.31. The van der Waals surface area contributed by atoms with Crippen LogP contribution in [0.1, 0.15) is 23.0 Å². The molecule has 0 aliphatic carbocycles. The number of aromatic amines is 1. The number of halogens is 1. The van der Waals surface area contributed by atoms with E-state index in [4.69, 9.17) is 11.6 Å². The third kappa shape index (κ3) is 1.32. The van der Waals surface area contributed by atoms with Crippen molar-refractivity contribution in [1.29, 1.82) is 0 Å². The van der Waals surface area contributed by atoms with Crippen LogP contribution in [0, 0.1) is 0 Å². The third-order valence-corrected chi connectivity index (χ3v) is 2.59. The Balaban J connectivity index is 2.81. The quantitative estimate of drug-likeness (QED) is 0.754. The molecule has 1 N–H and O–H groups in total. The Morgan fingerprint density at radius 1 is 1.50 bits per heavy atom. The number of aldehydes is 1. The third-order valence-electron chi connectivity index (χ3n) is 2.35. The molecule has 0 atom stereocenters. The molecule has 0 bridgehead atoms. The summed E-state index contributed by atoms with van der Waals surface area (Å²) in [5.41, 5.74) is 2.66. The van der Waals surface area contributed by atoms with Crippen LogP contribution in [-0.2, 0) is 6.42 Å². The van der Waals surface area contributed by atoms with Crippen molar-refractivity contribution >= 4 is 28.8 Å². The number of hydrogen-bond acceptors (Lipinski definition) is 1. The van der Waals surface area contributed by atoms with E-state index in [9.17, 15) is 4.79 Å². The largest absolute Gasteiger partial charge is 0.358 e. The highest BCUT2D eigenvalue weighted by Crippen LogP contribution is 2.24. The van der Waals surface area contributed by atoms with Crippen molar-refractivity contribution < 1.29 is 4.79 Å². The molecule has 2 nitrogen and oxygen atoms in total. The second kappa shape index (κ2) is 3.46. The van der Waals surface area contributed by atoms with Crippen molar-refractivity contribution in [3.8, 4) is 0 Å². The Labute approximate surface area is 86.9 Å². The first kappa shape index (κ1) is 9.28. The average molecular weight is 208 g/mol. The first-order valence-electron chi connectivity index (χ1n) is 4.51. The van der Waals surface area contributed by atoms with Gasteiger partial charge in [-0.25, -0.2) is 0 Å². The summed E-state index contributed by atoms with van der Waals surface area (Å²) in [7, 11) is 0. The van der Waals surface area contributed by atoms with Crippen LogP contribution in [0.5, 0.6) is 0 Å². The monoisotopic (exact) mass is 207 g/mol. The summed E-state index contributed by atoms with van der Waals surface area (Å²) >= 11 is 5.87. The number of nitrogens with one attached hydrogen (secondary N) is 1. The molecule has 14 heavy (non-hydrogen) atoms. The van der Waals surface area contributed by atoms with Gasteiger partial charge in [-0.1, -0.05) is 18.5 Å². The molecule has 0 saturated heterocycles. The molecule has 0 unspecified atom stereocenters. The van der Waals surface area contributed by atoms with Crippen LogP contribution < -0.4 is 0 Å². The summed E-state index contributed by atoms with van der Waals surface area (Å²) in [6, 6.07) is 5.52. The minimum Gasteiger partial charge on any atom is -0.358 e. The van der Waals surface area contributed by atoms with Gasteiger partial charge in [-0.3, -0.25) is 4.79 Å². The maximum absolute atomic E-state index is 10.9. The molecule has 1 aromatic heterocycles. The Hall–Kier alpha value is -1.28. The zero-order chi connectivity index (χ0) is 10.1. The van der Waals surface area contributed by atoms with E-state index in [2.05, 4.69) is 4.98 Å². The van der Waals surface area contributed by atoms with Crippen molar-refractivity contribution in [2.75, 3.05) is 0 Å². The van der Waals surface area contributed by atoms with Gasteiger partial charge in [0.05, 0.1) is 0 Å². The average Bonchev–Trinajstić information content (AvgIpc) is 2.54. The number of rotatable bonds is 2. The zero-order valence-corrected chi connectivity index (χ0v) is 8.56. The maximum atomic E-state index is 10.9. The van der Waals surface area contributed by atoms with Gasteiger partial charge in [0.15, 0.2) is 6.29 Å². The van der Waals surface area contributed by atoms with Gasteiger partial charge in [0.2, 0.25) is 0 Å². The molecular weight excluding hydrogens is 198 g/mol. The van der Waals surface area contributed by atoms with E-state index in [-0.39, 0.29) is 0 Å². The van der Waals surface area contributed by atoms with E-state index in [1.165, 1.54) is 0 Å². The summed E-state index contributed by atoms with van der Waals surface area (Å²) in [5, 5.41) is 1.56. The van der Waals surface area contributed by atoms with E-state index in [1.54, 1.807) is 0 Å². The molecule has 0 saturated carbocycles. The van der Waals surface area contributed by atoms with E-state index in [0.717, 1.165) is 34.9 Å². The van der Waals surface area contributed by atoms with Gasteiger partial charge < -0.3 is 4.98 Å². The second-order valence-corrected chi connectivity index (χ2v) is 3.61. The molecule has 0 spiro atoms. The number of aromatic nitrogens is 1. The summed E-state index contributed by atoms with van der Waals surface area (Å²) in [6.45, 7) is 2.01. The molecule has 1 aromatic carbocycles. The fourth-order valence-corrected chi connectivity index (χ4v) is 1.83. The minimum absolute atomic E-state index is 0.655. The molecule has 0 radical (unpaired) electrons. The van der Waals surface area contributed by atoms with Crippen LogP contribution >= 0.6 is 11.6 Å². The van der Waals surface area contributed by atoms with E-state index >= 15 is 0 Å². The first-order chi connectivity index (χ1) is 6.76. The van der Waals surface area contributed by atoms with Gasteiger partial charge in [-0.2, -0.15) is 0 Å². The molecular formula is C11H10ClNO. The van der Waals surface area contributed by atoms with Crippen molar-refractivity contribution in [1.82, 2.24) is 4.98 Å². The molecule has 0 fully saturated rings. The summed E-state index contributed by atoms with van der Waals surface area (Å²) in [5.74, 6) is 0. The van der Waals surface area contributed by atoms with Crippen molar-refractivity contribution in [3.05, 3.63) is 34.5 Å². The van der Waals surface area contributed by atoms with Crippen LogP contribution in [0.2, 0.25) is 5.02 Å². The fraction of sp³-hybridized carbons (Fsp3) is 0.182. The van der Waals surface area contributed by atoms with Gasteiger partial charge in [-0.05, 0) is 24.6 Å². The number of H-pyrrole nitrogens is 1. The molecule has 2 aromatic rings. The van der Waals surface area contributed by atoms with E-state index in [0.29, 0.717) is 5.02 Å².